The molecule has 0 radical (unpaired) electrons. The molecule has 0 N–H and O–H groups in total. The predicted octanol–water partition coefficient (Wildman–Crippen LogP) is 3.88. The van der Waals surface area contributed by atoms with Crippen molar-refractivity contribution in [3.8, 4) is 5.75 Å². The summed E-state index contributed by atoms with van der Waals surface area (Å²) in [4.78, 5) is 32.5. The largest absolute Gasteiger partial charge is 0.423 e. The lowest BCUT2D eigenvalue weighted by molar-refractivity contribution is -0.394. The molecule has 0 atom stereocenters. The normalized spacial score (nSPS) is 10.4. The SMILES string of the molecule is O=C(Oc1ccc2ccccc2c1)c1ccc([N+](=O)[O-])cc1[N+](=O)[O-]. The zero-order chi connectivity index (χ0) is 18.0. The summed E-state index contributed by atoms with van der Waals surface area (Å²) in [5.74, 6) is -0.742. The Morgan fingerprint density at radius 2 is 1.56 bits per heavy atom. The smallest absolute Gasteiger partial charge is 0.350 e. The van der Waals surface area contributed by atoms with Gasteiger partial charge in [-0.2, -0.15) is 0 Å². The summed E-state index contributed by atoms with van der Waals surface area (Å²) in [6.45, 7) is 0. The summed E-state index contributed by atoms with van der Waals surface area (Å²) in [6, 6.07) is 15.1. The van der Waals surface area contributed by atoms with E-state index in [0.717, 1.165) is 29.0 Å². The van der Waals surface area contributed by atoms with Crippen molar-refractivity contribution >= 4 is 28.1 Å². The van der Waals surface area contributed by atoms with Crippen LogP contribution in [0.5, 0.6) is 5.75 Å². The van der Waals surface area contributed by atoms with E-state index in [1.54, 1.807) is 18.2 Å². The molecule has 0 bridgehead atoms. The molecule has 0 heterocycles. The Labute approximate surface area is 140 Å². The molecular formula is C17H10N2O6. The molecule has 0 fully saturated rings. The third-order valence-electron chi connectivity index (χ3n) is 3.54. The second kappa shape index (κ2) is 6.36. The average Bonchev–Trinajstić information content (AvgIpc) is 2.60. The van der Waals surface area contributed by atoms with E-state index < -0.39 is 27.2 Å². The van der Waals surface area contributed by atoms with Crippen molar-refractivity contribution in [1.29, 1.82) is 0 Å². The highest BCUT2D eigenvalue weighted by molar-refractivity contribution is 5.96. The highest BCUT2D eigenvalue weighted by Crippen LogP contribution is 2.27. The minimum atomic E-state index is -0.961. The summed E-state index contributed by atoms with van der Waals surface area (Å²) in [7, 11) is 0. The van der Waals surface area contributed by atoms with Gasteiger partial charge in [0.2, 0.25) is 0 Å². The second-order valence-electron chi connectivity index (χ2n) is 5.11. The van der Waals surface area contributed by atoms with Gasteiger partial charge in [0.1, 0.15) is 11.3 Å². The fourth-order valence-corrected chi connectivity index (χ4v) is 2.35. The van der Waals surface area contributed by atoms with Crippen LogP contribution in [0.3, 0.4) is 0 Å². The van der Waals surface area contributed by atoms with E-state index in [-0.39, 0.29) is 11.3 Å². The first-order valence-electron chi connectivity index (χ1n) is 7.09. The number of hydrogen-bond donors (Lipinski definition) is 0. The molecular weight excluding hydrogens is 328 g/mol. The minimum absolute atomic E-state index is 0.219. The number of hydrogen-bond acceptors (Lipinski definition) is 6. The van der Waals surface area contributed by atoms with Crippen molar-refractivity contribution in [2.45, 2.75) is 0 Å². The van der Waals surface area contributed by atoms with Gasteiger partial charge in [0.25, 0.3) is 11.4 Å². The molecule has 0 aliphatic carbocycles. The number of ether oxygens (including phenoxy) is 1. The van der Waals surface area contributed by atoms with Gasteiger partial charge in [-0.05, 0) is 29.0 Å². The highest BCUT2D eigenvalue weighted by Gasteiger charge is 2.25. The van der Waals surface area contributed by atoms with Gasteiger partial charge in [-0.3, -0.25) is 20.2 Å². The molecule has 0 saturated heterocycles. The third kappa shape index (κ3) is 3.27. The molecule has 124 valence electrons. The zero-order valence-electron chi connectivity index (χ0n) is 12.6. The summed E-state index contributed by atoms with van der Waals surface area (Å²) >= 11 is 0. The monoisotopic (exact) mass is 338 g/mol. The van der Waals surface area contributed by atoms with Gasteiger partial charge in [-0.15, -0.1) is 0 Å². The lowest BCUT2D eigenvalue weighted by atomic mass is 10.1. The molecule has 0 saturated carbocycles. The van der Waals surface area contributed by atoms with Gasteiger partial charge in [0.15, 0.2) is 0 Å². The number of carbonyl (C=O) groups is 1. The van der Waals surface area contributed by atoms with Gasteiger partial charge in [0, 0.05) is 6.07 Å². The van der Waals surface area contributed by atoms with Gasteiger partial charge >= 0.3 is 5.97 Å². The zero-order valence-corrected chi connectivity index (χ0v) is 12.6. The minimum Gasteiger partial charge on any atom is -0.423 e. The number of esters is 1. The summed E-state index contributed by atoms with van der Waals surface area (Å²) in [6.07, 6.45) is 0. The summed E-state index contributed by atoms with van der Waals surface area (Å²) in [5.41, 5.74) is -1.52. The number of nitro benzene ring substituents is 2. The number of benzene rings is 3. The van der Waals surface area contributed by atoms with Crippen molar-refractivity contribution in [2.24, 2.45) is 0 Å². The van der Waals surface area contributed by atoms with Crippen LogP contribution < -0.4 is 4.74 Å². The van der Waals surface area contributed by atoms with Crippen LogP contribution in [0.2, 0.25) is 0 Å². The van der Waals surface area contributed by atoms with E-state index >= 15 is 0 Å². The van der Waals surface area contributed by atoms with Gasteiger partial charge in [-0.25, -0.2) is 4.79 Å². The first-order valence-corrected chi connectivity index (χ1v) is 7.09. The van der Waals surface area contributed by atoms with Crippen LogP contribution in [0.1, 0.15) is 10.4 Å². The molecule has 0 aliphatic rings. The van der Waals surface area contributed by atoms with E-state index in [4.69, 9.17) is 4.74 Å². The molecule has 3 rings (SSSR count). The van der Waals surface area contributed by atoms with Gasteiger partial charge in [0.05, 0.1) is 15.9 Å². The lowest BCUT2D eigenvalue weighted by Crippen LogP contribution is -2.11. The number of rotatable bonds is 4. The Morgan fingerprint density at radius 1 is 0.840 bits per heavy atom. The Kier molecular flexibility index (Phi) is 4.09. The Hall–Kier alpha value is -3.81. The Balaban J connectivity index is 1.94. The van der Waals surface area contributed by atoms with Crippen LogP contribution in [-0.2, 0) is 0 Å². The number of carbonyl (C=O) groups excluding carboxylic acids is 1. The van der Waals surface area contributed by atoms with E-state index in [9.17, 15) is 25.0 Å². The highest BCUT2D eigenvalue weighted by atomic mass is 16.6. The molecule has 0 aromatic heterocycles. The molecule has 3 aromatic rings. The van der Waals surface area contributed by atoms with Crippen LogP contribution >= 0.6 is 0 Å². The standard InChI is InChI=1S/C17H10N2O6/c20-17(15-8-6-13(18(21)22)10-16(15)19(23)24)25-14-7-5-11-3-1-2-4-12(11)9-14/h1-10H. The predicted molar refractivity (Wildman–Crippen MR) is 88.7 cm³/mol. The first-order chi connectivity index (χ1) is 12.0. The van der Waals surface area contributed by atoms with Gasteiger partial charge < -0.3 is 4.74 Å². The molecule has 8 nitrogen and oxygen atoms in total. The van der Waals surface area contributed by atoms with Crippen molar-refractivity contribution in [3.05, 3.63) is 86.5 Å². The van der Waals surface area contributed by atoms with E-state index in [1.165, 1.54) is 0 Å². The molecule has 8 heteroatoms. The number of nitro groups is 2. The summed E-state index contributed by atoms with van der Waals surface area (Å²) in [5, 5.41) is 23.6. The maximum Gasteiger partial charge on any atom is 0.350 e. The van der Waals surface area contributed by atoms with Crippen LogP contribution in [0.15, 0.2) is 60.7 Å². The summed E-state index contributed by atoms with van der Waals surface area (Å²) < 4.78 is 5.19. The Bertz CT molecular complexity index is 1010. The fraction of sp³-hybridized carbons (Fsp3) is 0. The van der Waals surface area contributed by atoms with Crippen molar-refractivity contribution in [2.75, 3.05) is 0 Å². The van der Waals surface area contributed by atoms with Crippen molar-refractivity contribution < 1.29 is 19.4 Å². The number of fused-ring (bicyclic) bond motifs is 1. The van der Waals surface area contributed by atoms with Crippen molar-refractivity contribution in [3.63, 3.8) is 0 Å². The van der Waals surface area contributed by atoms with E-state index in [2.05, 4.69) is 0 Å². The lowest BCUT2D eigenvalue weighted by Gasteiger charge is -2.06. The molecule has 0 spiro atoms. The molecule has 0 unspecified atom stereocenters. The fourth-order valence-electron chi connectivity index (χ4n) is 2.35. The van der Waals surface area contributed by atoms with Gasteiger partial charge in [-0.1, -0.05) is 30.3 Å². The third-order valence-corrected chi connectivity index (χ3v) is 3.54. The van der Waals surface area contributed by atoms with Crippen LogP contribution in [0, 0.1) is 20.2 Å². The first kappa shape index (κ1) is 16.1. The van der Waals surface area contributed by atoms with Crippen LogP contribution in [0.4, 0.5) is 11.4 Å². The van der Waals surface area contributed by atoms with E-state index in [1.807, 2.05) is 24.3 Å². The molecule has 0 amide bonds. The van der Waals surface area contributed by atoms with Crippen LogP contribution in [-0.4, -0.2) is 15.8 Å². The Morgan fingerprint density at radius 3 is 2.24 bits per heavy atom. The van der Waals surface area contributed by atoms with Crippen LogP contribution in [0.25, 0.3) is 10.8 Å². The molecule has 25 heavy (non-hydrogen) atoms. The second-order valence-corrected chi connectivity index (χ2v) is 5.11. The topological polar surface area (TPSA) is 113 Å². The molecule has 3 aromatic carbocycles. The molecule has 0 aliphatic heterocycles. The maximum atomic E-state index is 12.3. The quantitative estimate of drug-likeness (QED) is 0.309. The maximum absolute atomic E-state index is 12.3. The average molecular weight is 338 g/mol. The van der Waals surface area contributed by atoms with Crippen molar-refractivity contribution in [1.82, 2.24) is 0 Å². The number of nitrogens with zero attached hydrogens (tertiary/aromatic N) is 2. The van der Waals surface area contributed by atoms with E-state index in [0.29, 0.717) is 0 Å². The number of non-ortho nitro benzene ring substituents is 1.